The van der Waals surface area contributed by atoms with Gasteiger partial charge in [-0.2, -0.15) is 0 Å². The normalized spacial score (nSPS) is 11.0. The molecule has 0 spiro atoms. The lowest BCUT2D eigenvalue weighted by molar-refractivity contribution is 0.102. The Morgan fingerprint density at radius 1 is 0.548 bits per heavy atom. The number of rotatable bonds is 14. The quantitative estimate of drug-likeness (QED) is 0.305. The van der Waals surface area contributed by atoms with E-state index in [-0.39, 0.29) is 5.75 Å². The molecule has 0 saturated heterocycles. The SMILES string of the molecule is Oc1cccc(COCCCCc2ccccc2)c1COCCCCc1ccccc1. The molecule has 0 aliphatic heterocycles. The summed E-state index contributed by atoms with van der Waals surface area (Å²) < 4.78 is 11.7. The second-order valence-corrected chi connectivity index (χ2v) is 7.91. The molecule has 0 aliphatic rings. The molecule has 0 fully saturated rings. The Morgan fingerprint density at radius 2 is 1.10 bits per heavy atom. The number of hydrogen-bond acceptors (Lipinski definition) is 3. The fraction of sp³-hybridized carbons (Fsp3) is 0.357. The molecule has 0 saturated carbocycles. The molecule has 0 radical (unpaired) electrons. The molecule has 3 rings (SSSR count). The first kappa shape index (κ1) is 23.1. The topological polar surface area (TPSA) is 38.7 Å². The van der Waals surface area contributed by atoms with Crippen molar-refractivity contribution >= 4 is 0 Å². The van der Waals surface area contributed by atoms with Crippen LogP contribution >= 0.6 is 0 Å². The van der Waals surface area contributed by atoms with Gasteiger partial charge < -0.3 is 14.6 Å². The van der Waals surface area contributed by atoms with Gasteiger partial charge in [0.05, 0.1) is 13.2 Å². The highest BCUT2D eigenvalue weighted by Gasteiger charge is 2.08. The molecule has 0 aromatic heterocycles. The van der Waals surface area contributed by atoms with Gasteiger partial charge in [-0.15, -0.1) is 0 Å². The monoisotopic (exact) mass is 418 g/mol. The highest BCUT2D eigenvalue weighted by Crippen LogP contribution is 2.23. The maximum absolute atomic E-state index is 10.3. The molecule has 3 aromatic rings. The van der Waals surface area contributed by atoms with E-state index in [1.807, 2.05) is 24.3 Å². The van der Waals surface area contributed by atoms with E-state index in [2.05, 4.69) is 48.5 Å². The maximum atomic E-state index is 10.3. The Kier molecular flexibility index (Phi) is 10.1. The van der Waals surface area contributed by atoms with E-state index in [4.69, 9.17) is 9.47 Å². The fourth-order valence-corrected chi connectivity index (χ4v) is 3.64. The van der Waals surface area contributed by atoms with Gasteiger partial charge in [0.2, 0.25) is 0 Å². The summed E-state index contributed by atoms with van der Waals surface area (Å²) in [6.07, 6.45) is 6.41. The van der Waals surface area contributed by atoms with Gasteiger partial charge in [-0.3, -0.25) is 0 Å². The molecule has 0 aliphatic carbocycles. The van der Waals surface area contributed by atoms with Crippen LogP contribution in [0.25, 0.3) is 0 Å². The van der Waals surface area contributed by atoms with Crippen molar-refractivity contribution in [2.75, 3.05) is 13.2 Å². The largest absolute Gasteiger partial charge is 0.508 e. The van der Waals surface area contributed by atoms with Crippen LogP contribution in [0, 0.1) is 0 Å². The number of phenolic OH excluding ortho intramolecular Hbond substituents is 1. The minimum atomic E-state index is 0.287. The number of phenols is 1. The smallest absolute Gasteiger partial charge is 0.121 e. The molecular weight excluding hydrogens is 384 g/mol. The summed E-state index contributed by atoms with van der Waals surface area (Å²) in [6, 6.07) is 26.7. The predicted octanol–water partition coefficient (Wildman–Crippen LogP) is 6.47. The highest BCUT2D eigenvalue weighted by atomic mass is 16.5. The molecule has 0 atom stereocenters. The number of unbranched alkanes of at least 4 members (excludes halogenated alkanes) is 2. The van der Waals surface area contributed by atoms with Crippen molar-refractivity contribution in [2.45, 2.75) is 51.7 Å². The van der Waals surface area contributed by atoms with Crippen molar-refractivity contribution in [3.8, 4) is 5.75 Å². The minimum absolute atomic E-state index is 0.287. The summed E-state index contributed by atoms with van der Waals surface area (Å²) in [4.78, 5) is 0. The van der Waals surface area contributed by atoms with Crippen molar-refractivity contribution in [3.63, 3.8) is 0 Å². The van der Waals surface area contributed by atoms with Crippen LogP contribution < -0.4 is 0 Å². The molecular formula is C28H34O3. The fourth-order valence-electron chi connectivity index (χ4n) is 3.64. The van der Waals surface area contributed by atoms with Crippen molar-refractivity contribution in [3.05, 3.63) is 101 Å². The van der Waals surface area contributed by atoms with Crippen LogP contribution in [0.2, 0.25) is 0 Å². The second-order valence-electron chi connectivity index (χ2n) is 7.91. The van der Waals surface area contributed by atoms with Gasteiger partial charge in [-0.05, 0) is 61.3 Å². The van der Waals surface area contributed by atoms with E-state index in [0.29, 0.717) is 19.8 Å². The number of aromatic hydroxyl groups is 1. The molecule has 0 amide bonds. The van der Waals surface area contributed by atoms with Crippen molar-refractivity contribution < 1.29 is 14.6 Å². The Morgan fingerprint density at radius 3 is 1.68 bits per heavy atom. The number of ether oxygens (including phenoxy) is 2. The molecule has 0 unspecified atom stereocenters. The third kappa shape index (κ3) is 8.56. The first-order valence-corrected chi connectivity index (χ1v) is 11.4. The van der Waals surface area contributed by atoms with E-state index in [1.165, 1.54) is 11.1 Å². The van der Waals surface area contributed by atoms with Crippen LogP contribution in [0.5, 0.6) is 5.75 Å². The lowest BCUT2D eigenvalue weighted by Gasteiger charge is -2.13. The molecule has 164 valence electrons. The van der Waals surface area contributed by atoms with Crippen LogP contribution in [0.4, 0.5) is 0 Å². The van der Waals surface area contributed by atoms with Crippen LogP contribution in [0.1, 0.15) is 47.9 Å². The summed E-state index contributed by atoms with van der Waals surface area (Å²) in [5.41, 5.74) is 4.59. The van der Waals surface area contributed by atoms with Crippen molar-refractivity contribution in [1.82, 2.24) is 0 Å². The molecule has 1 N–H and O–H groups in total. The van der Waals surface area contributed by atoms with Crippen LogP contribution in [-0.2, 0) is 35.5 Å². The predicted molar refractivity (Wildman–Crippen MR) is 126 cm³/mol. The highest BCUT2D eigenvalue weighted by molar-refractivity contribution is 5.38. The Bertz CT molecular complexity index is 862. The van der Waals surface area contributed by atoms with E-state index >= 15 is 0 Å². The molecule has 3 heteroatoms. The van der Waals surface area contributed by atoms with Crippen molar-refractivity contribution in [2.24, 2.45) is 0 Å². The number of hydrogen-bond donors (Lipinski definition) is 1. The zero-order chi connectivity index (χ0) is 21.6. The first-order chi connectivity index (χ1) is 15.3. The Hall–Kier alpha value is -2.62. The molecule has 31 heavy (non-hydrogen) atoms. The van der Waals surface area contributed by atoms with Gasteiger partial charge in [-0.1, -0.05) is 72.8 Å². The molecule has 0 heterocycles. The Balaban J connectivity index is 1.32. The first-order valence-electron chi connectivity index (χ1n) is 11.4. The zero-order valence-corrected chi connectivity index (χ0v) is 18.3. The van der Waals surface area contributed by atoms with Crippen molar-refractivity contribution in [1.29, 1.82) is 0 Å². The van der Waals surface area contributed by atoms with Gasteiger partial charge in [0.1, 0.15) is 5.75 Å². The summed E-state index contributed by atoms with van der Waals surface area (Å²) >= 11 is 0. The van der Waals surface area contributed by atoms with Gasteiger partial charge in [-0.25, -0.2) is 0 Å². The van der Waals surface area contributed by atoms with E-state index in [9.17, 15) is 5.11 Å². The van der Waals surface area contributed by atoms with Gasteiger partial charge in [0, 0.05) is 18.8 Å². The average Bonchev–Trinajstić information content (AvgIpc) is 2.81. The lowest BCUT2D eigenvalue weighted by atomic mass is 10.1. The third-order valence-corrected chi connectivity index (χ3v) is 5.45. The standard InChI is InChI=1S/C28H34O3/c29-28-19-11-18-26(22-30-20-9-7-16-24-12-3-1-4-13-24)27(28)23-31-21-10-8-17-25-14-5-2-6-15-25/h1-6,11-15,18-19,29H,7-10,16-17,20-23H2. The summed E-state index contributed by atoms with van der Waals surface area (Å²) in [5, 5.41) is 10.3. The maximum Gasteiger partial charge on any atom is 0.121 e. The molecule has 0 bridgehead atoms. The zero-order valence-electron chi connectivity index (χ0n) is 18.3. The molecule has 3 aromatic carbocycles. The number of aryl methyl sites for hydroxylation is 2. The number of benzene rings is 3. The van der Waals surface area contributed by atoms with E-state index in [1.54, 1.807) is 6.07 Å². The van der Waals surface area contributed by atoms with Gasteiger partial charge in [0.15, 0.2) is 0 Å². The van der Waals surface area contributed by atoms with Gasteiger partial charge >= 0.3 is 0 Å². The van der Waals surface area contributed by atoms with Gasteiger partial charge in [0.25, 0.3) is 0 Å². The van der Waals surface area contributed by atoms with Crippen LogP contribution in [0.3, 0.4) is 0 Å². The van der Waals surface area contributed by atoms with E-state index in [0.717, 1.165) is 56.3 Å². The third-order valence-electron chi connectivity index (χ3n) is 5.45. The summed E-state index contributed by atoms with van der Waals surface area (Å²) in [6.45, 7) is 2.35. The summed E-state index contributed by atoms with van der Waals surface area (Å²) in [5.74, 6) is 0.287. The minimum Gasteiger partial charge on any atom is -0.508 e. The lowest BCUT2D eigenvalue weighted by Crippen LogP contribution is -2.03. The van der Waals surface area contributed by atoms with Crippen LogP contribution in [0.15, 0.2) is 78.9 Å². The molecule has 3 nitrogen and oxygen atoms in total. The van der Waals surface area contributed by atoms with Crippen LogP contribution in [-0.4, -0.2) is 18.3 Å². The second kappa shape index (κ2) is 13.6. The van der Waals surface area contributed by atoms with E-state index < -0.39 is 0 Å². The summed E-state index contributed by atoms with van der Waals surface area (Å²) in [7, 11) is 0. The average molecular weight is 419 g/mol. The Labute approximate surface area is 186 Å².